The summed E-state index contributed by atoms with van der Waals surface area (Å²) < 4.78 is 20.6. The molecule has 6 aromatic rings. The van der Waals surface area contributed by atoms with Crippen LogP contribution in [-0.2, 0) is 27.7 Å². The number of carbonyl (C=O) groups excluding carboxylic acids is 3. The van der Waals surface area contributed by atoms with E-state index in [0.717, 1.165) is 47.4 Å². The fraction of sp³-hybridized carbons (Fsp3) is 0.159. The molecule has 51 heavy (non-hydrogen) atoms. The van der Waals surface area contributed by atoms with Crippen molar-refractivity contribution in [3.8, 4) is 0 Å². The summed E-state index contributed by atoms with van der Waals surface area (Å²) in [5.41, 5.74) is 4.19. The van der Waals surface area contributed by atoms with E-state index in [1.54, 1.807) is 36.4 Å². The number of fused-ring (bicyclic) bond motifs is 3. The van der Waals surface area contributed by atoms with Gasteiger partial charge in [-0.1, -0.05) is 0 Å². The Balaban J connectivity index is 1.33. The first-order valence-corrected chi connectivity index (χ1v) is 20.1. The molecule has 0 aliphatic heterocycles. The third kappa shape index (κ3) is 5.88. The summed E-state index contributed by atoms with van der Waals surface area (Å²) in [4.78, 5) is 43.9. The summed E-state index contributed by atoms with van der Waals surface area (Å²) in [5, 5.41) is 4.62. The number of hydrogen-bond acceptors (Lipinski definition) is 6. The second-order valence-corrected chi connectivity index (χ2v) is 16.8. The molecule has 0 heterocycles. The van der Waals surface area contributed by atoms with Gasteiger partial charge in [0.25, 0.3) is 0 Å². The van der Waals surface area contributed by atoms with Gasteiger partial charge in [-0.3, -0.25) is 0 Å². The standard InChI is InChI=1S/3C11H8O2.C11H15.Ti/c3*12-11(13)10-7-3-5-8-4-1-2-6-9(8)10;1-8-7-9(2)11-6-4-3-5-10(8)11;/h3*1-7H,(H,12,13);8H,3-6H2,1-2H3;/q;;;;+3/p-3. The Morgan fingerprint density at radius 1 is 0.529 bits per heavy atom. The van der Waals surface area contributed by atoms with Crippen LogP contribution in [0.25, 0.3) is 32.3 Å². The van der Waals surface area contributed by atoms with E-state index in [-0.39, 0.29) is 5.92 Å². The molecule has 0 spiro atoms. The molecule has 0 saturated heterocycles. The molecule has 1 unspecified atom stereocenters. The molecule has 0 N–H and O–H groups in total. The molecule has 0 bridgehead atoms. The number of hydrogen-bond donors (Lipinski definition) is 0. The van der Waals surface area contributed by atoms with Gasteiger partial charge in [-0.25, -0.2) is 0 Å². The molecular weight excluding hydrogens is 672 g/mol. The zero-order chi connectivity index (χ0) is 35.1. The third-order valence-corrected chi connectivity index (χ3v) is 14.8. The fourth-order valence-electron chi connectivity index (χ4n) is 7.96. The summed E-state index contributed by atoms with van der Waals surface area (Å²) in [6.45, 7) is 4.04. The SMILES string of the molecule is CC1=[C]([Ti]([O]C(=O)c2cccc3ccccc23)([O]C(=O)c2cccc3ccccc23)[O]C(=O)c2cccc3ccccc23)C(C)C2=C1CCCC2. The van der Waals surface area contributed by atoms with Gasteiger partial charge in [-0.2, -0.15) is 0 Å². The molecule has 0 fully saturated rings. The van der Waals surface area contributed by atoms with E-state index < -0.39 is 35.7 Å². The van der Waals surface area contributed by atoms with Gasteiger partial charge in [0.2, 0.25) is 0 Å². The second kappa shape index (κ2) is 13.4. The molecule has 2 aliphatic rings. The van der Waals surface area contributed by atoms with Gasteiger partial charge in [0.1, 0.15) is 0 Å². The summed E-state index contributed by atoms with van der Waals surface area (Å²) in [6.07, 6.45) is 3.79. The van der Waals surface area contributed by atoms with Crippen molar-refractivity contribution in [3.05, 3.63) is 165 Å². The van der Waals surface area contributed by atoms with Gasteiger partial charge < -0.3 is 0 Å². The predicted octanol–water partition coefficient (Wildman–Crippen LogP) is 10.7. The molecule has 6 nitrogen and oxygen atoms in total. The van der Waals surface area contributed by atoms with E-state index in [2.05, 4.69) is 6.92 Å². The Bertz CT molecular complexity index is 2220. The Morgan fingerprint density at radius 3 is 1.31 bits per heavy atom. The maximum absolute atomic E-state index is 14.6. The van der Waals surface area contributed by atoms with Crippen LogP contribution in [0.4, 0.5) is 0 Å². The zero-order valence-corrected chi connectivity index (χ0v) is 30.0. The normalized spacial score (nSPS) is 16.0. The first-order valence-electron chi connectivity index (χ1n) is 17.4. The van der Waals surface area contributed by atoms with Gasteiger partial charge in [0.05, 0.1) is 0 Å². The number of carbonyl (C=O) groups is 3. The molecule has 7 heteroatoms. The topological polar surface area (TPSA) is 78.9 Å². The monoisotopic (exact) mass is 708 g/mol. The van der Waals surface area contributed by atoms with Gasteiger partial charge >= 0.3 is 302 Å². The average molecular weight is 709 g/mol. The summed E-state index contributed by atoms with van der Waals surface area (Å²) in [7, 11) is 0. The quantitative estimate of drug-likeness (QED) is 0.154. The zero-order valence-electron chi connectivity index (χ0n) is 28.5. The van der Waals surface area contributed by atoms with Crippen molar-refractivity contribution < 1.29 is 42.1 Å². The summed E-state index contributed by atoms with van der Waals surface area (Å²) in [6, 6.07) is 38.9. The molecule has 6 aromatic carbocycles. The number of benzene rings is 6. The van der Waals surface area contributed by atoms with Crippen LogP contribution in [0, 0.1) is 5.92 Å². The fourth-order valence-corrected chi connectivity index (χ4v) is 12.4. The molecule has 2 aliphatic carbocycles. The molecule has 1 atom stereocenters. The van der Waals surface area contributed by atoms with Crippen LogP contribution in [-0.4, -0.2) is 17.9 Å². The predicted molar refractivity (Wildman–Crippen MR) is 195 cm³/mol. The van der Waals surface area contributed by atoms with Crippen molar-refractivity contribution in [3.63, 3.8) is 0 Å². The molecule has 0 amide bonds. The number of allylic oxidation sites excluding steroid dienone is 4. The first kappa shape index (κ1) is 32.9. The van der Waals surface area contributed by atoms with Crippen LogP contribution in [0.5, 0.6) is 0 Å². The molecule has 0 aromatic heterocycles. The van der Waals surface area contributed by atoms with Crippen LogP contribution in [0.3, 0.4) is 0 Å². The number of rotatable bonds is 7. The minimum absolute atomic E-state index is 0.249. The van der Waals surface area contributed by atoms with E-state index in [1.165, 1.54) is 11.1 Å². The summed E-state index contributed by atoms with van der Waals surface area (Å²) >= 11 is -5.57. The van der Waals surface area contributed by atoms with Crippen molar-refractivity contribution >= 4 is 50.2 Å². The molecule has 0 radical (unpaired) electrons. The van der Waals surface area contributed by atoms with E-state index in [0.29, 0.717) is 36.7 Å². The van der Waals surface area contributed by atoms with E-state index in [4.69, 9.17) is 9.96 Å². The van der Waals surface area contributed by atoms with Crippen LogP contribution in [0.2, 0.25) is 0 Å². The molecular formula is C44H36O6Ti. The van der Waals surface area contributed by atoms with Gasteiger partial charge in [0, 0.05) is 0 Å². The average Bonchev–Trinajstić information content (AvgIpc) is 3.43. The van der Waals surface area contributed by atoms with E-state index in [9.17, 15) is 14.4 Å². The molecule has 252 valence electrons. The first-order chi connectivity index (χ1) is 24.8. The van der Waals surface area contributed by atoms with Gasteiger partial charge in [-0.05, 0) is 0 Å². The Hall–Kier alpha value is -5.30. The van der Waals surface area contributed by atoms with Crippen molar-refractivity contribution in [1.29, 1.82) is 0 Å². The second-order valence-electron chi connectivity index (χ2n) is 13.3. The molecule has 0 saturated carbocycles. The van der Waals surface area contributed by atoms with Crippen LogP contribution in [0.15, 0.2) is 148 Å². The third-order valence-electron chi connectivity index (χ3n) is 10.4. The van der Waals surface area contributed by atoms with Crippen molar-refractivity contribution in [2.75, 3.05) is 0 Å². The molecule has 8 rings (SSSR count). The van der Waals surface area contributed by atoms with Gasteiger partial charge in [-0.15, -0.1) is 0 Å². The van der Waals surface area contributed by atoms with Crippen molar-refractivity contribution in [1.82, 2.24) is 0 Å². The van der Waals surface area contributed by atoms with Gasteiger partial charge in [0.15, 0.2) is 0 Å². The van der Waals surface area contributed by atoms with Crippen molar-refractivity contribution in [2.45, 2.75) is 39.5 Å². The Labute approximate surface area is 301 Å². The summed E-state index contributed by atoms with van der Waals surface area (Å²) in [5.74, 6) is -2.37. The van der Waals surface area contributed by atoms with Crippen LogP contribution >= 0.6 is 0 Å². The van der Waals surface area contributed by atoms with Crippen molar-refractivity contribution in [2.24, 2.45) is 5.92 Å². The Morgan fingerprint density at radius 2 is 0.902 bits per heavy atom. The van der Waals surface area contributed by atoms with Crippen LogP contribution < -0.4 is 0 Å². The maximum atomic E-state index is 14.6. The van der Waals surface area contributed by atoms with E-state index in [1.807, 2.05) is 97.9 Å². The van der Waals surface area contributed by atoms with Crippen LogP contribution in [0.1, 0.15) is 70.6 Å². The minimum atomic E-state index is -5.57. The van der Waals surface area contributed by atoms with E-state index >= 15 is 0 Å². The Kier molecular flexibility index (Phi) is 8.67.